The third-order valence-corrected chi connectivity index (χ3v) is 3.22. The van der Waals surface area contributed by atoms with Crippen molar-refractivity contribution in [3.8, 4) is 0 Å². The molecule has 0 saturated heterocycles. The summed E-state index contributed by atoms with van der Waals surface area (Å²) >= 11 is 0. The largest absolute Gasteiger partial charge is 0.190 e. The maximum absolute atomic E-state index is 4.21. The molecule has 0 radical (unpaired) electrons. The Kier molecular flexibility index (Phi) is 0.590. The van der Waals surface area contributed by atoms with Crippen LogP contribution in [0.15, 0.2) is 10.2 Å². The number of rotatable bonds is 0. The van der Waals surface area contributed by atoms with Crippen LogP contribution in [0.3, 0.4) is 0 Å². The standard InChI is InChI=1S/C7H10N2/c1-2-5-4(1)6-3-7(5)9-8-6/h4-7H,1-3H2. The molecule has 0 amide bonds. The van der Waals surface area contributed by atoms with E-state index in [1.54, 1.807) is 0 Å². The summed E-state index contributed by atoms with van der Waals surface area (Å²) in [6.45, 7) is 0. The molecule has 4 unspecified atom stereocenters. The van der Waals surface area contributed by atoms with E-state index < -0.39 is 0 Å². The summed E-state index contributed by atoms with van der Waals surface area (Å²) in [5.74, 6) is 1.93. The van der Waals surface area contributed by atoms with Crippen molar-refractivity contribution in [2.45, 2.75) is 31.3 Å². The average Bonchev–Trinajstić information content (AvgIpc) is 2.18. The van der Waals surface area contributed by atoms with Gasteiger partial charge < -0.3 is 0 Å². The maximum atomic E-state index is 4.21. The fourth-order valence-electron chi connectivity index (χ4n) is 2.54. The molecule has 2 heteroatoms. The van der Waals surface area contributed by atoms with E-state index in [1.165, 1.54) is 19.3 Å². The minimum atomic E-state index is 0.661. The van der Waals surface area contributed by atoms with Gasteiger partial charge in [0.05, 0.1) is 12.1 Å². The zero-order valence-electron chi connectivity index (χ0n) is 5.33. The lowest BCUT2D eigenvalue weighted by atomic mass is 9.73. The van der Waals surface area contributed by atoms with Crippen molar-refractivity contribution in [3.63, 3.8) is 0 Å². The number of fused-ring (bicyclic) bond motifs is 5. The minimum absolute atomic E-state index is 0.661. The Balaban J connectivity index is 2.03. The molecular weight excluding hydrogens is 112 g/mol. The van der Waals surface area contributed by atoms with Gasteiger partial charge in [0, 0.05) is 0 Å². The van der Waals surface area contributed by atoms with Crippen LogP contribution in [-0.4, -0.2) is 12.1 Å². The number of nitrogens with zero attached hydrogens (tertiary/aromatic N) is 2. The third kappa shape index (κ3) is 0.364. The lowest BCUT2D eigenvalue weighted by molar-refractivity contribution is 0.167. The van der Waals surface area contributed by atoms with Crippen LogP contribution in [0.25, 0.3) is 0 Å². The predicted octanol–water partition coefficient (Wildman–Crippen LogP) is 1.62. The highest BCUT2D eigenvalue weighted by Gasteiger charge is 2.51. The molecule has 2 fully saturated rings. The number of azo groups is 1. The highest BCUT2D eigenvalue weighted by atomic mass is 15.2. The number of hydrogen-bond acceptors (Lipinski definition) is 2. The van der Waals surface area contributed by atoms with Crippen molar-refractivity contribution in [2.75, 3.05) is 0 Å². The van der Waals surface area contributed by atoms with Crippen LogP contribution in [0, 0.1) is 11.8 Å². The van der Waals surface area contributed by atoms with Crippen molar-refractivity contribution in [3.05, 3.63) is 0 Å². The second-order valence-corrected chi connectivity index (χ2v) is 3.51. The quantitative estimate of drug-likeness (QED) is 0.466. The van der Waals surface area contributed by atoms with E-state index in [1.807, 2.05) is 0 Å². The highest BCUT2D eigenvalue weighted by molar-refractivity contribution is 5.06. The smallest absolute Gasteiger partial charge is 0.0761 e. The van der Waals surface area contributed by atoms with Crippen molar-refractivity contribution in [1.29, 1.82) is 0 Å². The van der Waals surface area contributed by atoms with E-state index in [0.29, 0.717) is 12.1 Å². The van der Waals surface area contributed by atoms with Crippen LogP contribution in [0.5, 0.6) is 0 Å². The van der Waals surface area contributed by atoms with Gasteiger partial charge in [-0.3, -0.25) is 0 Å². The Morgan fingerprint density at radius 3 is 1.78 bits per heavy atom. The summed E-state index contributed by atoms with van der Waals surface area (Å²) in [6, 6.07) is 1.32. The molecule has 1 heterocycles. The Labute approximate surface area is 54.4 Å². The summed E-state index contributed by atoms with van der Waals surface area (Å²) < 4.78 is 0. The van der Waals surface area contributed by atoms with Gasteiger partial charge in [0.25, 0.3) is 0 Å². The normalized spacial score (nSPS) is 59.6. The van der Waals surface area contributed by atoms with E-state index >= 15 is 0 Å². The highest BCUT2D eigenvalue weighted by Crippen LogP contribution is 2.52. The van der Waals surface area contributed by atoms with Gasteiger partial charge in [-0.05, 0) is 31.1 Å². The van der Waals surface area contributed by atoms with Gasteiger partial charge in [0.2, 0.25) is 0 Å². The van der Waals surface area contributed by atoms with Gasteiger partial charge in [-0.25, -0.2) is 0 Å². The molecule has 0 aromatic carbocycles. The van der Waals surface area contributed by atoms with Crippen molar-refractivity contribution < 1.29 is 0 Å². The zero-order valence-corrected chi connectivity index (χ0v) is 5.33. The molecule has 48 valence electrons. The summed E-state index contributed by atoms with van der Waals surface area (Å²) in [5, 5.41) is 8.42. The van der Waals surface area contributed by atoms with Crippen molar-refractivity contribution in [1.82, 2.24) is 0 Å². The SMILES string of the molecule is C1C2N=NC1C1CCC21. The van der Waals surface area contributed by atoms with Crippen LogP contribution in [0.1, 0.15) is 19.3 Å². The lowest BCUT2D eigenvalue weighted by Crippen LogP contribution is -2.32. The Hall–Kier alpha value is -0.400. The number of hydrogen-bond donors (Lipinski definition) is 0. The summed E-state index contributed by atoms with van der Waals surface area (Å²) in [4.78, 5) is 0. The van der Waals surface area contributed by atoms with Gasteiger partial charge in [0.15, 0.2) is 0 Å². The Bertz CT molecular complexity index is 158. The van der Waals surface area contributed by atoms with E-state index in [-0.39, 0.29) is 0 Å². The zero-order chi connectivity index (χ0) is 5.84. The third-order valence-electron chi connectivity index (χ3n) is 3.22. The minimum Gasteiger partial charge on any atom is -0.190 e. The fraction of sp³-hybridized carbons (Fsp3) is 1.00. The molecule has 2 nitrogen and oxygen atoms in total. The average molecular weight is 122 g/mol. The predicted molar refractivity (Wildman–Crippen MR) is 33.3 cm³/mol. The first kappa shape index (κ1) is 4.42. The molecule has 0 N–H and O–H groups in total. The summed E-state index contributed by atoms with van der Waals surface area (Å²) in [7, 11) is 0. The van der Waals surface area contributed by atoms with Gasteiger partial charge in [-0.1, -0.05) is 0 Å². The van der Waals surface area contributed by atoms with Gasteiger partial charge >= 0.3 is 0 Å². The van der Waals surface area contributed by atoms with E-state index in [9.17, 15) is 0 Å². The molecule has 9 heavy (non-hydrogen) atoms. The van der Waals surface area contributed by atoms with Gasteiger partial charge in [0.1, 0.15) is 0 Å². The molecule has 0 aromatic heterocycles. The first-order chi connectivity index (χ1) is 4.45. The monoisotopic (exact) mass is 122 g/mol. The fourth-order valence-corrected chi connectivity index (χ4v) is 2.54. The van der Waals surface area contributed by atoms with Crippen molar-refractivity contribution in [2.24, 2.45) is 22.1 Å². The molecule has 3 aliphatic rings. The van der Waals surface area contributed by atoms with E-state index in [2.05, 4.69) is 10.2 Å². The second-order valence-electron chi connectivity index (χ2n) is 3.51. The first-order valence-corrected chi connectivity index (χ1v) is 3.85. The summed E-state index contributed by atoms with van der Waals surface area (Å²) in [6.07, 6.45) is 4.16. The van der Waals surface area contributed by atoms with Gasteiger partial charge in [-0.15, -0.1) is 0 Å². The molecule has 2 aliphatic carbocycles. The van der Waals surface area contributed by atoms with E-state index in [0.717, 1.165) is 11.8 Å². The van der Waals surface area contributed by atoms with Crippen LogP contribution in [0.4, 0.5) is 0 Å². The molecule has 4 atom stereocenters. The molecule has 1 aliphatic heterocycles. The van der Waals surface area contributed by atoms with Gasteiger partial charge in [-0.2, -0.15) is 10.2 Å². The molecule has 3 rings (SSSR count). The van der Waals surface area contributed by atoms with Crippen LogP contribution >= 0.6 is 0 Å². The second kappa shape index (κ2) is 1.20. The Morgan fingerprint density at radius 1 is 0.889 bits per heavy atom. The topological polar surface area (TPSA) is 24.7 Å². The molecule has 2 saturated carbocycles. The molecule has 2 bridgehead atoms. The van der Waals surface area contributed by atoms with Crippen LogP contribution in [-0.2, 0) is 0 Å². The van der Waals surface area contributed by atoms with Crippen LogP contribution < -0.4 is 0 Å². The Morgan fingerprint density at radius 2 is 1.44 bits per heavy atom. The molecule has 0 aromatic rings. The van der Waals surface area contributed by atoms with Crippen LogP contribution in [0.2, 0.25) is 0 Å². The first-order valence-electron chi connectivity index (χ1n) is 3.85. The summed E-state index contributed by atoms with van der Waals surface area (Å²) in [5.41, 5.74) is 0. The van der Waals surface area contributed by atoms with E-state index in [4.69, 9.17) is 0 Å². The lowest BCUT2D eigenvalue weighted by Gasteiger charge is -2.35. The molecular formula is C7H10N2. The maximum Gasteiger partial charge on any atom is 0.0761 e. The van der Waals surface area contributed by atoms with Crippen molar-refractivity contribution >= 4 is 0 Å². The molecule has 0 spiro atoms.